The second-order valence-corrected chi connectivity index (χ2v) is 3.08. The van der Waals surface area contributed by atoms with Crippen molar-refractivity contribution in [2.75, 3.05) is 0 Å². The van der Waals surface area contributed by atoms with Crippen molar-refractivity contribution in [2.45, 2.75) is 13.8 Å². The second-order valence-electron chi connectivity index (χ2n) is 3.08. The Morgan fingerprint density at radius 2 is 1.62 bits per heavy atom. The van der Waals surface area contributed by atoms with Crippen LogP contribution in [0.4, 0.5) is 0 Å². The zero-order valence-corrected chi connectivity index (χ0v) is 10.2. The van der Waals surface area contributed by atoms with Gasteiger partial charge in [-0.25, -0.2) is 0 Å². The number of hydrogen-bond donors (Lipinski definition) is 0. The van der Waals surface area contributed by atoms with E-state index in [1.807, 2.05) is 56.4 Å². The Kier molecular flexibility index (Phi) is 8.62. The Morgan fingerprint density at radius 3 is 2.12 bits per heavy atom. The van der Waals surface area contributed by atoms with E-state index in [2.05, 4.69) is 25.3 Å². The fraction of sp³-hybridized carbons (Fsp3) is 0.125. The molecular formula is C16H20. The Labute approximate surface area is 99.4 Å². The van der Waals surface area contributed by atoms with Gasteiger partial charge < -0.3 is 0 Å². The van der Waals surface area contributed by atoms with E-state index in [-0.39, 0.29) is 0 Å². The molecule has 84 valence electrons. The van der Waals surface area contributed by atoms with Crippen molar-refractivity contribution < 1.29 is 0 Å². The standard InChI is InChI=1S/C16H20/c1-5-9-11-13-15(7-3)16(8-4)14-12-10-6-2/h5-14H,1,3H2,2,4H3/b10-6-,11-9-,14-12-,15-13+,16-8+. The zero-order valence-electron chi connectivity index (χ0n) is 10.2. The third-order valence-corrected chi connectivity index (χ3v) is 1.97. The molecule has 0 fully saturated rings. The van der Waals surface area contributed by atoms with E-state index in [0.717, 1.165) is 11.1 Å². The maximum absolute atomic E-state index is 3.82. The predicted octanol–water partition coefficient (Wildman–Crippen LogP) is 4.92. The van der Waals surface area contributed by atoms with E-state index in [0.29, 0.717) is 0 Å². The maximum atomic E-state index is 3.82. The summed E-state index contributed by atoms with van der Waals surface area (Å²) in [6.07, 6.45) is 19.6. The van der Waals surface area contributed by atoms with Crippen molar-refractivity contribution in [3.05, 3.63) is 85.1 Å². The van der Waals surface area contributed by atoms with Gasteiger partial charge in [-0.05, 0) is 25.0 Å². The van der Waals surface area contributed by atoms with Crippen LogP contribution in [0.3, 0.4) is 0 Å². The highest BCUT2D eigenvalue weighted by Crippen LogP contribution is 2.13. The quantitative estimate of drug-likeness (QED) is 0.548. The molecule has 0 aromatic rings. The van der Waals surface area contributed by atoms with Crippen LogP contribution in [0.1, 0.15) is 13.8 Å². The van der Waals surface area contributed by atoms with Gasteiger partial charge in [0, 0.05) is 0 Å². The van der Waals surface area contributed by atoms with Crippen LogP contribution in [0.25, 0.3) is 0 Å². The van der Waals surface area contributed by atoms with E-state index in [9.17, 15) is 0 Å². The third kappa shape index (κ3) is 5.82. The summed E-state index contributed by atoms with van der Waals surface area (Å²) >= 11 is 0. The van der Waals surface area contributed by atoms with Gasteiger partial charge >= 0.3 is 0 Å². The van der Waals surface area contributed by atoms with Crippen molar-refractivity contribution in [1.29, 1.82) is 0 Å². The first-order chi connectivity index (χ1) is 7.79. The summed E-state index contributed by atoms with van der Waals surface area (Å²) in [6.45, 7) is 11.5. The Hall–Kier alpha value is -1.82. The van der Waals surface area contributed by atoms with E-state index in [1.165, 1.54) is 0 Å². The van der Waals surface area contributed by atoms with Gasteiger partial charge in [0.1, 0.15) is 0 Å². The molecule has 0 saturated heterocycles. The molecule has 0 heterocycles. The third-order valence-electron chi connectivity index (χ3n) is 1.97. The Bertz CT molecular complexity index is 357. The lowest BCUT2D eigenvalue weighted by atomic mass is 10.0. The monoisotopic (exact) mass is 212 g/mol. The molecule has 0 N–H and O–H groups in total. The Balaban J connectivity index is 4.91. The molecule has 0 unspecified atom stereocenters. The molecule has 0 atom stereocenters. The van der Waals surface area contributed by atoms with Crippen LogP contribution in [-0.4, -0.2) is 0 Å². The van der Waals surface area contributed by atoms with Gasteiger partial charge in [0.2, 0.25) is 0 Å². The number of allylic oxidation sites excluding steroid dienone is 12. The first kappa shape index (κ1) is 14.2. The number of hydrogen-bond acceptors (Lipinski definition) is 0. The van der Waals surface area contributed by atoms with Crippen LogP contribution in [-0.2, 0) is 0 Å². The molecule has 0 radical (unpaired) electrons. The molecule has 0 saturated carbocycles. The van der Waals surface area contributed by atoms with Gasteiger partial charge in [-0.15, -0.1) is 0 Å². The fourth-order valence-corrected chi connectivity index (χ4v) is 1.15. The van der Waals surface area contributed by atoms with Crippen LogP contribution >= 0.6 is 0 Å². The normalized spacial score (nSPS) is 14.1. The highest BCUT2D eigenvalue weighted by Gasteiger charge is 1.93. The van der Waals surface area contributed by atoms with Gasteiger partial charge in [-0.3, -0.25) is 0 Å². The van der Waals surface area contributed by atoms with Crippen molar-refractivity contribution in [2.24, 2.45) is 0 Å². The van der Waals surface area contributed by atoms with Crippen molar-refractivity contribution >= 4 is 0 Å². The molecule has 16 heavy (non-hydrogen) atoms. The molecule has 0 amide bonds. The lowest BCUT2D eigenvalue weighted by Crippen LogP contribution is -1.81. The largest absolute Gasteiger partial charge is 0.0991 e. The molecule has 0 aliphatic rings. The first-order valence-electron chi connectivity index (χ1n) is 5.38. The van der Waals surface area contributed by atoms with Crippen molar-refractivity contribution in [1.82, 2.24) is 0 Å². The van der Waals surface area contributed by atoms with Crippen LogP contribution < -0.4 is 0 Å². The fourth-order valence-electron chi connectivity index (χ4n) is 1.15. The first-order valence-corrected chi connectivity index (χ1v) is 5.38. The highest BCUT2D eigenvalue weighted by molar-refractivity contribution is 5.47. The predicted molar refractivity (Wildman–Crippen MR) is 75.3 cm³/mol. The lowest BCUT2D eigenvalue weighted by Gasteiger charge is -2.00. The number of rotatable bonds is 6. The van der Waals surface area contributed by atoms with Gasteiger partial charge in [-0.2, -0.15) is 0 Å². The summed E-state index contributed by atoms with van der Waals surface area (Å²) in [4.78, 5) is 0. The SMILES string of the molecule is C=C\C=C/C=C(C=C)/C(/C=C\C=C/C)=C/C. The summed E-state index contributed by atoms with van der Waals surface area (Å²) in [7, 11) is 0. The van der Waals surface area contributed by atoms with Gasteiger partial charge in [0.15, 0.2) is 0 Å². The van der Waals surface area contributed by atoms with Crippen LogP contribution in [0.5, 0.6) is 0 Å². The van der Waals surface area contributed by atoms with Crippen molar-refractivity contribution in [3.63, 3.8) is 0 Å². The smallest absolute Gasteiger partial charge is 0.0193 e. The minimum atomic E-state index is 1.10. The Morgan fingerprint density at radius 1 is 0.875 bits per heavy atom. The molecule has 0 aliphatic carbocycles. The van der Waals surface area contributed by atoms with E-state index < -0.39 is 0 Å². The molecule has 0 bridgehead atoms. The topological polar surface area (TPSA) is 0 Å². The van der Waals surface area contributed by atoms with Crippen LogP contribution in [0.15, 0.2) is 85.1 Å². The summed E-state index contributed by atoms with van der Waals surface area (Å²) in [5.74, 6) is 0. The lowest BCUT2D eigenvalue weighted by molar-refractivity contribution is 1.50. The molecular weight excluding hydrogens is 192 g/mol. The maximum Gasteiger partial charge on any atom is -0.0193 e. The molecule has 0 spiro atoms. The van der Waals surface area contributed by atoms with Crippen molar-refractivity contribution in [3.8, 4) is 0 Å². The summed E-state index contributed by atoms with van der Waals surface area (Å²) in [5.41, 5.74) is 2.25. The van der Waals surface area contributed by atoms with Crippen LogP contribution in [0.2, 0.25) is 0 Å². The molecule has 0 nitrogen and oxygen atoms in total. The van der Waals surface area contributed by atoms with E-state index in [1.54, 1.807) is 6.08 Å². The van der Waals surface area contributed by atoms with Gasteiger partial charge in [0.05, 0.1) is 0 Å². The second kappa shape index (κ2) is 9.72. The molecule has 0 heteroatoms. The highest BCUT2D eigenvalue weighted by atomic mass is 14.0. The van der Waals surface area contributed by atoms with Crippen LogP contribution in [0, 0.1) is 0 Å². The zero-order chi connectivity index (χ0) is 12.2. The van der Waals surface area contributed by atoms with Gasteiger partial charge in [0.25, 0.3) is 0 Å². The molecule has 0 rings (SSSR count). The minimum absolute atomic E-state index is 1.10. The summed E-state index contributed by atoms with van der Waals surface area (Å²) < 4.78 is 0. The minimum Gasteiger partial charge on any atom is -0.0991 e. The van der Waals surface area contributed by atoms with E-state index in [4.69, 9.17) is 0 Å². The molecule has 0 aromatic carbocycles. The average molecular weight is 212 g/mol. The van der Waals surface area contributed by atoms with E-state index >= 15 is 0 Å². The van der Waals surface area contributed by atoms with Gasteiger partial charge in [-0.1, -0.05) is 73.9 Å². The molecule has 0 aromatic heterocycles. The average Bonchev–Trinajstić information content (AvgIpc) is 2.31. The summed E-state index contributed by atoms with van der Waals surface area (Å²) in [5, 5.41) is 0. The summed E-state index contributed by atoms with van der Waals surface area (Å²) in [6, 6.07) is 0. The molecule has 0 aliphatic heterocycles.